The van der Waals surface area contributed by atoms with E-state index < -0.39 is 17.7 Å². The van der Waals surface area contributed by atoms with Crippen LogP contribution in [0, 0.1) is 5.92 Å². The summed E-state index contributed by atoms with van der Waals surface area (Å²) < 4.78 is 43.7. The molecule has 1 atom stereocenters. The van der Waals surface area contributed by atoms with E-state index in [-0.39, 0.29) is 41.9 Å². The second-order valence-electron chi connectivity index (χ2n) is 7.43. The fraction of sp³-hybridized carbons (Fsp3) is 0.273. The number of hydrogen-bond donors (Lipinski definition) is 2. The van der Waals surface area contributed by atoms with E-state index in [0.717, 1.165) is 17.7 Å². The monoisotopic (exact) mass is 472 g/mol. The molecular formula is C22H19F3N6O3. The molecule has 0 bridgehead atoms. The number of benzene rings is 1. The average Bonchev–Trinajstić information content (AvgIpc) is 3.31. The normalized spacial score (nSPS) is 17.1. The quantitative estimate of drug-likeness (QED) is 0.569. The Balaban J connectivity index is 1.23. The molecule has 1 unspecified atom stereocenters. The Hall–Kier alpha value is -4.09. The molecule has 0 saturated carbocycles. The Morgan fingerprint density at radius 1 is 1.15 bits per heavy atom. The van der Waals surface area contributed by atoms with Crippen molar-refractivity contribution in [3.63, 3.8) is 0 Å². The van der Waals surface area contributed by atoms with Crippen molar-refractivity contribution >= 4 is 11.8 Å². The molecule has 176 valence electrons. The molecule has 1 aliphatic heterocycles. The predicted octanol–water partition coefficient (Wildman–Crippen LogP) is 3.34. The number of carbonyl (C=O) groups is 2. The van der Waals surface area contributed by atoms with Crippen LogP contribution in [0.25, 0.3) is 11.4 Å². The first-order valence-corrected chi connectivity index (χ1v) is 10.4. The molecule has 2 heterocycles. The second kappa shape index (κ2) is 9.81. The Bertz CT molecular complexity index is 1210. The zero-order valence-electron chi connectivity index (χ0n) is 17.7. The van der Waals surface area contributed by atoms with Crippen molar-refractivity contribution in [2.45, 2.75) is 19.0 Å². The number of halogens is 3. The van der Waals surface area contributed by atoms with Crippen LogP contribution >= 0.6 is 0 Å². The number of azo groups is 1. The highest BCUT2D eigenvalue weighted by atomic mass is 19.4. The molecule has 2 amide bonds. The Kier molecular flexibility index (Phi) is 6.66. The van der Waals surface area contributed by atoms with Crippen molar-refractivity contribution in [2.24, 2.45) is 16.1 Å². The van der Waals surface area contributed by atoms with Gasteiger partial charge >= 0.3 is 6.18 Å². The van der Waals surface area contributed by atoms with Crippen molar-refractivity contribution < 1.29 is 27.3 Å². The first kappa shape index (κ1) is 23.1. The summed E-state index contributed by atoms with van der Waals surface area (Å²) in [5, 5.41) is 17.0. The number of alkyl halides is 3. The summed E-state index contributed by atoms with van der Waals surface area (Å²) >= 11 is 0. The molecule has 2 aromatic rings. The van der Waals surface area contributed by atoms with Gasteiger partial charge in [0.1, 0.15) is 0 Å². The lowest BCUT2D eigenvalue weighted by molar-refractivity contribution is -0.137. The zero-order valence-corrected chi connectivity index (χ0v) is 17.7. The van der Waals surface area contributed by atoms with Gasteiger partial charge in [-0.05, 0) is 12.1 Å². The summed E-state index contributed by atoms with van der Waals surface area (Å²) in [4.78, 5) is 28.0. The third-order valence-electron chi connectivity index (χ3n) is 5.04. The molecule has 0 radical (unpaired) electrons. The number of aryl methyl sites for hydroxylation is 1. The van der Waals surface area contributed by atoms with Gasteiger partial charge in [0.25, 0.3) is 5.91 Å². The van der Waals surface area contributed by atoms with Crippen molar-refractivity contribution in [2.75, 3.05) is 13.1 Å². The zero-order chi connectivity index (χ0) is 24.1. The van der Waals surface area contributed by atoms with E-state index in [1.165, 1.54) is 12.1 Å². The topological polar surface area (TPSA) is 122 Å². The van der Waals surface area contributed by atoms with Crippen LogP contribution in [0.1, 0.15) is 17.9 Å². The number of allylic oxidation sites excluding steroid dienone is 3. The average molecular weight is 472 g/mol. The molecule has 0 saturated heterocycles. The van der Waals surface area contributed by atoms with E-state index in [2.05, 4.69) is 31.0 Å². The molecule has 2 N–H and O–H groups in total. The first-order valence-electron chi connectivity index (χ1n) is 10.4. The highest BCUT2D eigenvalue weighted by molar-refractivity contribution is 5.86. The van der Waals surface area contributed by atoms with Crippen LogP contribution in [0.15, 0.2) is 74.7 Å². The lowest BCUT2D eigenvalue weighted by atomic mass is 9.93. The van der Waals surface area contributed by atoms with Gasteiger partial charge in [-0.2, -0.15) is 18.2 Å². The highest BCUT2D eigenvalue weighted by Crippen LogP contribution is 2.31. The Labute approximate surface area is 191 Å². The third kappa shape index (κ3) is 5.45. The molecule has 4 rings (SSSR count). The maximum absolute atomic E-state index is 12.9. The minimum atomic E-state index is -4.48. The predicted molar refractivity (Wildman–Crippen MR) is 113 cm³/mol. The molecule has 12 heteroatoms. The van der Waals surface area contributed by atoms with Gasteiger partial charge in [-0.3, -0.25) is 9.59 Å². The van der Waals surface area contributed by atoms with E-state index in [4.69, 9.17) is 4.52 Å². The van der Waals surface area contributed by atoms with Crippen LogP contribution in [-0.4, -0.2) is 35.0 Å². The summed E-state index contributed by atoms with van der Waals surface area (Å²) in [6, 6.07) is 4.61. The van der Waals surface area contributed by atoms with Gasteiger partial charge in [-0.25, -0.2) is 0 Å². The first-order chi connectivity index (χ1) is 16.3. The fourth-order valence-electron chi connectivity index (χ4n) is 3.34. The van der Waals surface area contributed by atoms with Crippen molar-refractivity contribution in [1.82, 2.24) is 20.8 Å². The van der Waals surface area contributed by atoms with E-state index in [1.54, 1.807) is 24.3 Å². The molecule has 1 aliphatic carbocycles. The Morgan fingerprint density at radius 2 is 2.00 bits per heavy atom. The van der Waals surface area contributed by atoms with Crippen LogP contribution < -0.4 is 10.6 Å². The largest absolute Gasteiger partial charge is 0.416 e. The van der Waals surface area contributed by atoms with Crippen molar-refractivity contribution in [1.29, 1.82) is 0 Å². The van der Waals surface area contributed by atoms with Crippen molar-refractivity contribution in [3.05, 3.63) is 71.4 Å². The van der Waals surface area contributed by atoms with Gasteiger partial charge in [0.2, 0.25) is 17.6 Å². The number of hydrogen-bond acceptors (Lipinski definition) is 7. The van der Waals surface area contributed by atoms with Gasteiger partial charge < -0.3 is 15.2 Å². The number of nitrogens with one attached hydrogen (secondary N) is 2. The standard InChI is InChI=1S/C22H19F3N6O3/c23-22(24,25)14-5-3-4-13(12-14)19-28-18(34-31-19)9-8-17(32)26-10-11-27-20-15-6-1-2-7-16(15)21(33)30-29-20/h1-7,12,16,27H,8-11H2,(H,26,32). The van der Waals surface area contributed by atoms with E-state index in [0.29, 0.717) is 18.9 Å². The molecule has 1 aromatic carbocycles. The molecule has 0 spiro atoms. The maximum atomic E-state index is 12.9. The van der Waals surface area contributed by atoms with Crippen LogP contribution in [0.3, 0.4) is 0 Å². The van der Waals surface area contributed by atoms with Gasteiger partial charge in [0.15, 0.2) is 5.82 Å². The highest BCUT2D eigenvalue weighted by Gasteiger charge is 2.31. The molecule has 34 heavy (non-hydrogen) atoms. The lowest BCUT2D eigenvalue weighted by Gasteiger charge is -2.20. The lowest BCUT2D eigenvalue weighted by Crippen LogP contribution is -2.33. The van der Waals surface area contributed by atoms with Crippen LogP contribution in [-0.2, 0) is 22.2 Å². The van der Waals surface area contributed by atoms with Gasteiger partial charge in [0.05, 0.1) is 11.5 Å². The number of carbonyl (C=O) groups excluding carboxylic acids is 2. The van der Waals surface area contributed by atoms with E-state index in [9.17, 15) is 22.8 Å². The van der Waals surface area contributed by atoms with Gasteiger partial charge in [-0.15, -0.1) is 10.2 Å². The number of aromatic nitrogens is 2. The van der Waals surface area contributed by atoms with E-state index in [1.807, 2.05) is 0 Å². The van der Waals surface area contributed by atoms with Crippen molar-refractivity contribution in [3.8, 4) is 11.4 Å². The summed E-state index contributed by atoms with van der Waals surface area (Å²) in [7, 11) is 0. The second-order valence-corrected chi connectivity index (χ2v) is 7.43. The fourth-order valence-corrected chi connectivity index (χ4v) is 3.34. The number of fused-ring (bicyclic) bond motifs is 1. The molecule has 9 nitrogen and oxygen atoms in total. The van der Waals surface area contributed by atoms with Crippen LogP contribution in [0.4, 0.5) is 13.2 Å². The number of amides is 2. The summed E-state index contributed by atoms with van der Waals surface area (Å²) in [6.45, 7) is 0.658. The summed E-state index contributed by atoms with van der Waals surface area (Å²) in [6.07, 6.45) is 2.83. The molecular weight excluding hydrogens is 453 g/mol. The SMILES string of the molecule is O=C(CCc1nc(-c2cccc(C(F)(F)F)c2)no1)NCCNC1=C2C=CC=CC2C(=O)N=N1. The number of rotatable bonds is 8. The summed E-state index contributed by atoms with van der Waals surface area (Å²) in [5.74, 6) is -0.403. The molecule has 1 aromatic heterocycles. The minimum Gasteiger partial charge on any atom is -0.367 e. The van der Waals surface area contributed by atoms with Crippen LogP contribution in [0.2, 0.25) is 0 Å². The van der Waals surface area contributed by atoms with Gasteiger partial charge in [-0.1, -0.05) is 41.6 Å². The summed E-state index contributed by atoms with van der Waals surface area (Å²) in [5.41, 5.74) is 0.0818. The smallest absolute Gasteiger partial charge is 0.367 e. The number of nitrogens with zero attached hydrogens (tertiary/aromatic N) is 4. The molecule has 0 fully saturated rings. The Morgan fingerprint density at radius 3 is 2.82 bits per heavy atom. The maximum Gasteiger partial charge on any atom is 0.416 e. The minimum absolute atomic E-state index is 0.0188. The van der Waals surface area contributed by atoms with Crippen LogP contribution in [0.5, 0.6) is 0 Å². The van der Waals surface area contributed by atoms with E-state index >= 15 is 0 Å². The van der Waals surface area contributed by atoms with Gasteiger partial charge in [0, 0.05) is 37.1 Å². The molecule has 2 aliphatic rings. The third-order valence-corrected chi connectivity index (χ3v) is 5.04.